The zero-order chi connectivity index (χ0) is 15.5. The van der Waals surface area contributed by atoms with Crippen LogP contribution in [0.2, 0.25) is 0 Å². The fourth-order valence-corrected chi connectivity index (χ4v) is 2.96. The van der Waals surface area contributed by atoms with Crippen molar-refractivity contribution < 1.29 is 13.9 Å². The third kappa shape index (κ3) is 3.13. The van der Waals surface area contributed by atoms with Crippen molar-refractivity contribution in [1.29, 1.82) is 0 Å². The highest BCUT2D eigenvalue weighted by atomic mass is 16.7. The van der Waals surface area contributed by atoms with Gasteiger partial charge in [0.15, 0.2) is 11.6 Å². The Morgan fingerprint density at radius 2 is 2.04 bits per heavy atom. The average molecular weight is 317 g/mol. The van der Waals surface area contributed by atoms with Crippen molar-refractivity contribution in [2.24, 2.45) is 0 Å². The summed E-state index contributed by atoms with van der Waals surface area (Å²) in [6, 6.07) is 3.75. The van der Waals surface area contributed by atoms with Gasteiger partial charge in [0, 0.05) is 25.9 Å². The standard InChI is InChI=1S/C15H19N5O3/c1-2-12(21-7-1)10-16-14-18-13(11-17-19-14)20-5-3-15(4-6-20)22-8-9-23-15/h1-2,7,11H,3-6,8-10H2,(H,16,18,19). The Hall–Kier alpha value is -2.19. The van der Waals surface area contributed by atoms with Gasteiger partial charge in [-0.05, 0) is 12.1 Å². The number of hydrogen-bond donors (Lipinski definition) is 1. The summed E-state index contributed by atoms with van der Waals surface area (Å²) in [6.07, 6.45) is 5.01. The lowest BCUT2D eigenvalue weighted by Gasteiger charge is -2.37. The minimum absolute atomic E-state index is 0.378. The van der Waals surface area contributed by atoms with Crippen molar-refractivity contribution in [2.45, 2.75) is 25.2 Å². The summed E-state index contributed by atoms with van der Waals surface area (Å²) < 4.78 is 16.8. The predicted octanol–water partition coefficient (Wildman–Crippen LogP) is 1.42. The molecule has 0 atom stereocenters. The fraction of sp³-hybridized carbons (Fsp3) is 0.533. The quantitative estimate of drug-likeness (QED) is 0.906. The molecule has 0 aliphatic carbocycles. The van der Waals surface area contributed by atoms with E-state index >= 15 is 0 Å². The number of nitrogens with zero attached hydrogens (tertiary/aromatic N) is 4. The van der Waals surface area contributed by atoms with Crippen molar-refractivity contribution >= 4 is 11.8 Å². The molecule has 0 amide bonds. The molecule has 23 heavy (non-hydrogen) atoms. The minimum atomic E-state index is -0.378. The van der Waals surface area contributed by atoms with Gasteiger partial charge < -0.3 is 24.1 Å². The highest BCUT2D eigenvalue weighted by Crippen LogP contribution is 2.32. The number of furan rings is 1. The van der Waals surface area contributed by atoms with Gasteiger partial charge in [-0.2, -0.15) is 10.1 Å². The molecule has 2 aliphatic heterocycles. The van der Waals surface area contributed by atoms with Crippen LogP contribution in [0.5, 0.6) is 0 Å². The van der Waals surface area contributed by atoms with Crippen LogP contribution in [0.15, 0.2) is 29.0 Å². The van der Waals surface area contributed by atoms with Crippen molar-refractivity contribution in [3.05, 3.63) is 30.4 Å². The van der Waals surface area contributed by atoms with Crippen LogP contribution < -0.4 is 10.2 Å². The summed E-state index contributed by atoms with van der Waals surface area (Å²) in [4.78, 5) is 6.71. The van der Waals surface area contributed by atoms with Gasteiger partial charge in [-0.15, -0.1) is 5.10 Å². The third-order valence-electron chi connectivity index (χ3n) is 4.21. The maximum absolute atomic E-state index is 5.75. The van der Waals surface area contributed by atoms with Crippen molar-refractivity contribution in [3.63, 3.8) is 0 Å². The minimum Gasteiger partial charge on any atom is -0.467 e. The lowest BCUT2D eigenvalue weighted by Crippen LogP contribution is -2.45. The van der Waals surface area contributed by atoms with E-state index in [2.05, 4.69) is 25.4 Å². The molecule has 0 radical (unpaired) electrons. The molecule has 1 spiro atoms. The summed E-state index contributed by atoms with van der Waals surface area (Å²) in [5.74, 6) is 1.76. The molecule has 8 heteroatoms. The predicted molar refractivity (Wildman–Crippen MR) is 81.9 cm³/mol. The summed E-state index contributed by atoms with van der Waals surface area (Å²) in [6.45, 7) is 3.57. The Balaban J connectivity index is 1.38. The second-order valence-electron chi connectivity index (χ2n) is 5.67. The van der Waals surface area contributed by atoms with E-state index in [0.29, 0.717) is 25.7 Å². The highest BCUT2D eigenvalue weighted by molar-refractivity contribution is 5.40. The first kappa shape index (κ1) is 14.4. The largest absolute Gasteiger partial charge is 0.467 e. The second kappa shape index (κ2) is 6.13. The monoisotopic (exact) mass is 317 g/mol. The lowest BCUT2D eigenvalue weighted by atomic mass is 10.0. The first-order chi connectivity index (χ1) is 11.3. The molecule has 2 aromatic rings. The normalized spacial score (nSPS) is 20.1. The molecule has 0 unspecified atom stereocenters. The molecule has 4 heterocycles. The van der Waals surface area contributed by atoms with Crippen LogP contribution in [0.4, 0.5) is 11.8 Å². The molecule has 1 N–H and O–H groups in total. The molecular weight excluding hydrogens is 298 g/mol. The van der Waals surface area contributed by atoms with Gasteiger partial charge in [-0.1, -0.05) is 0 Å². The SMILES string of the molecule is c1coc(CNc2nncc(N3CCC4(CC3)OCCO4)n2)c1. The van der Waals surface area contributed by atoms with E-state index in [9.17, 15) is 0 Å². The third-order valence-corrected chi connectivity index (χ3v) is 4.21. The summed E-state index contributed by atoms with van der Waals surface area (Å²) in [5, 5.41) is 11.2. The Morgan fingerprint density at radius 3 is 2.78 bits per heavy atom. The number of rotatable bonds is 4. The molecule has 0 bridgehead atoms. The zero-order valence-corrected chi connectivity index (χ0v) is 12.8. The smallest absolute Gasteiger partial charge is 0.245 e. The number of aromatic nitrogens is 3. The van der Waals surface area contributed by atoms with E-state index in [-0.39, 0.29) is 5.79 Å². The molecule has 2 saturated heterocycles. The molecule has 2 fully saturated rings. The van der Waals surface area contributed by atoms with Gasteiger partial charge >= 0.3 is 0 Å². The molecular formula is C15H19N5O3. The van der Waals surface area contributed by atoms with Crippen LogP contribution in [0.25, 0.3) is 0 Å². The van der Waals surface area contributed by atoms with Crippen molar-refractivity contribution in [2.75, 3.05) is 36.5 Å². The van der Waals surface area contributed by atoms with Crippen LogP contribution in [-0.2, 0) is 16.0 Å². The Bertz CT molecular complexity index is 632. The van der Waals surface area contributed by atoms with E-state index in [4.69, 9.17) is 13.9 Å². The number of nitrogens with one attached hydrogen (secondary N) is 1. The summed E-state index contributed by atoms with van der Waals surface area (Å²) >= 11 is 0. The lowest BCUT2D eigenvalue weighted by molar-refractivity contribution is -0.169. The fourth-order valence-electron chi connectivity index (χ4n) is 2.96. The zero-order valence-electron chi connectivity index (χ0n) is 12.8. The van der Waals surface area contributed by atoms with Crippen molar-refractivity contribution in [3.8, 4) is 0 Å². The highest BCUT2D eigenvalue weighted by Gasteiger charge is 2.40. The van der Waals surface area contributed by atoms with Crippen LogP contribution in [-0.4, -0.2) is 47.3 Å². The van der Waals surface area contributed by atoms with E-state index in [1.54, 1.807) is 12.5 Å². The van der Waals surface area contributed by atoms with Gasteiger partial charge in [-0.3, -0.25) is 0 Å². The van der Waals surface area contributed by atoms with Crippen molar-refractivity contribution in [1.82, 2.24) is 15.2 Å². The molecule has 8 nitrogen and oxygen atoms in total. The van der Waals surface area contributed by atoms with Gasteiger partial charge in [0.1, 0.15) is 5.76 Å². The molecule has 0 saturated carbocycles. The Morgan fingerprint density at radius 1 is 1.22 bits per heavy atom. The summed E-state index contributed by atoms with van der Waals surface area (Å²) in [7, 11) is 0. The topological polar surface area (TPSA) is 85.5 Å². The molecule has 2 aliphatic rings. The maximum Gasteiger partial charge on any atom is 0.245 e. The average Bonchev–Trinajstić information content (AvgIpc) is 3.26. The van der Waals surface area contributed by atoms with Crippen LogP contribution in [0.1, 0.15) is 18.6 Å². The van der Waals surface area contributed by atoms with E-state index in [1.807, 2.05) is 12.1 Å². The summed E-state index contributed by atoms with van der Waals surface area (Å²) in [5.41, 5.74) is 0. The number of piperidine rings is 1. The number of ether oxygens (including phenoxy) is 2. The number of hydrogen-bond acceptors (Lipinski definition) is 8. The second-order valence-corrected chi connectivity index (χ2v) is 5.67. The maximum atomic E-state index is 5.75. The van der Waals surface area contributed by atoms with Crippen LogP contribution in [0, 0.1) is 0 Å². The van der Waals surface area contributed by atoms with Gasteiger partial charge in [0.2, 0.25) is 5.95 Å². The molecule has 2 aromatic heterocycles. The Labute approximate surface area is 133 Å². The Kier molecular flexibility index (Phi) is 3.84. The van der Waals surface area contributed by atoms with Gasteiger partial charge in [0.05, 0.1) is 32.2 Å². The first-order valence-corrected chi connectivity index (χ1v) is 7.82. The molecule has 122 valence electrons. The van der Waals surface area contributed by atoms with E-state index in [0.717, 1.165) is 37.5 Å². The van der Waals surface area contributed by atoms with E-state index in [1.165, 1.54) is 0 Å². The van der Waals surface area contributed by atoms with Gasteiger partial charge in [0.25, 0.3) is 0 Å². The first-order valence-electron chi connectivity index (χ1n) is 7.82. The van der Waals surface area contributed by atoms with Gasteiger partial charge in [-0.25, -0.2) is 0 Å². The molecule has 0 aromatic carbocycles. The number of anilines is 2. The van der Waals surface area contributed by atoms with Crippen LogP contribution in [0.3, 0.4) is 0 Å². The van der Waals surface area contributed by atoms with Crippen LogP contribution >= 0.6 is 0 Å². The van der Waals surface area contributed by atoms with E-state index < -0.39 is 0 Å². The molecule has 4 rings (SSSR count).